The van der Waals surface area contributed by atoms with Gasteiger partial charge in [-0.3, -0.25) is 9.69 Å². The Bertz CT molecular complexity index is 401. The number of rotatable bonds is 4. The van der Waals surface area contributed by atoms with Gasteiger partial charge < -0.3 is 5.32 Å². The topological polar surface area (TPSA) is 32.3 Å². The highest BCUT2D eigenvalue weighted by Crippen LogP contribution is 2.23. The van der Waals surface area contributed by atoms with Gasteiger partial charge in [0.25, 0.3) is 0 Å². The van der Waals surface area contributed by atoms with Gasteiger partial charge in [-0.2, -0.15) is 0 Å². The van der Waals surface area contributed by atoms with E-state index in [1.807, 2.05) is 12.1 Å². The quantitative estimate of drug-likeness (QED) is 0.776. The van der Waals surface area contributed by atoms with Crippen LogP contribution < -0.4 is 5.32 Å². The van der Waals surface area contributed by atoms with Crippen molar-refractivity contribution in [3.05, 3.63) is 34.9 Å². The van der Waals surface area contributed by atoms with Crippen molar-refractivity contribution in [2.75, 3.05) is 20.1 Å². The summed E-state index contributed by atoms with van der Waals surface area (Å²) in [5.41, 5.74) is 3.50. The molecule has 1 aromatic rings. The molecule has 16 heavy (non-hydrogen) atoms. The van der Waals surface area contributed by atoms with Crippen molar-refractivity contribution in [2.24, 2.45) is 0 Å². The van der Waals surface area contributed by atoms with Crippen LogP contribution in [0.5, 0.6) is 0 Å². The standard InChI is InChI=1S/C13H18N2O/c1-3-15-8-11-5-4-10(6-12(11)9-15)13(16)7-14-2/h4-6,14H,3,7-9H2,1-2H3. The van der Waals surface area contributed by atoms with Crippen LogP contribution in [0.4, 0.5) is 0 Å². The second-order valence-electron chi connectivity index (χ2n) is 4.24. The largest absolute Gasteiger partial charge is 0.313 e. The highest BCUT2D eigenvalue weighted by Gasteiger charge is 2.18. The van der Waals surface area contributed by atoms with E-state index >= 15 is 0 Å². The average molecular weight is 218 g/mol. The van der Waals surface area contributed by atoms with Gasteiger partial charge in [0.05, 0.1) is 6.54 Å². The summed E-state index contributed by atoms with van der Waals surface area (Å²) in [5.74, 6) is 0.167. The van der Waals surface area contributed by atoms with Crippen LogP contribution in [0.1, 0.15) is 28.4 Å². The van der Waals surface area contributed by atoms with Crippen LogP contribution in [-0.2, 0) is 13.1 Å². The van der Waals surface area contributed by atoms with Gasteiger partial charge in [0, 0.05) is 18.7 Å². The van der Waals surface area contributed by atoms with E-state index in [2.05, 4.69) is 23.2 Å². The highest BCUT2D eigenvalue weighted by atomic mass is 16.1. The average Bonchev–Trinajstić information content (AvgIpc) is 2.70. The number of carbonyl (C=O) groups is 1. The van der Waals surface area contributed by atoms with Crippen molar-refractivity contribution in [1.29, 1.82) is 0 Å². The minimum atomic E-state index is 0.167. The smallest absolute Gasteiger partial charge is 0.176 e. The predicted octanol–water partition coefficient (Wildman–Crippen LogP) is 1.42. The molecule has 0 spiro atoms. The zero-order valence-electron chi connectivity index (χ0n) is 9.92. The maximum atomic E-state index is 11.7. The summed E-state index contributed by atoms with van der Waals surface area (Å²) in [6, 6.07) is 6.08. The minimum Gasteiger partial charge on any atom is -0.313 e. The minimum absolute atomic E-state index is 0.167. The molecule has 0 bridgehead atoms. The van der Waals surface area contributed by atoms with Crippen LogP contribution in [0.25, 0.3) is 0 Å². The molecule has 0 unspecified atom stereocenters. The monoisotopic (exact) mass is 218 g/mol. The third kappa shape index (κ3) is 2.15. The molecule has 0 aromatic heterocycles. The summed E-state index contributed by atoms with van der Waals surface area (Å²) in [4.78, 5) is 14.1. The number of likely N-dealkylation sites (N-methyl/N-ethyl adjacent to an activating group) is 1. The summed E-state index contributed by atoms with van der Waals surface area (Å²) >= 11 is 0. The lowest BCUT2D eigenvalue weighted by molar-refractivity contribution is 0.0993. The Morgan fingerprint density at radius 3 is 2.81 bits per heavy atom. The van der Waals surface area contributed by atoms with Gasteiger partial charge in [0.1, 0.15) is 0 Å². The fourth-order valence-electron chi connectivity index (χ4n) is 2.12. The van der Waals surface area contributed by atoms with Gasteiger partial charge in [-0.25, -0.2) is 0 Å². The maximum Gasteiger partial charge on any atom is 0.176 e. The van der Waals surface area contributed by atoms with Crippen molar-refractivity contribution in [3.8, 4) is 0 Å². The first-order valence-corrected chi connectivity index (χ1v) is 5.76. The molecule has 0 fully saturated rings. The number of hydrogen-bond acceptors (Lipinski definition) is 3. The van der Waals surface area contributed by atoms with Gasteiger partial charge in [0.15, 0.2) is 5.78 Å². The van der Waals surface area contributed by atoms with E-state index in [0.29, 0.717) is 6.54 Å². The molecular formula is C13H18N2O. The number of nitrogens with one attached hydrogen (secondary N) is 1. The zero-order chi connectivity index (χ0) is 11.5. The van der Waals surface area contributed by atoms with Gasteiger partial charge >= 0.3 is 0 Å². The van der Waals surface area contributed by atoms with Gasteiger partial charge in [0.2, 0.25) is 0 Å². The van der Waals surface area contributed by atoms with E-state index in [9.17, 15) is 4.79 Å². The molecule has 0 aliphatic carbocycles. The normalized spacial score (nSPS) is 15.1. The molecular weight excluding hydrogens is 200 g/mol. The third-order valence-electron chi connectivity index (χ3n) is 3.10. The molecule has 1 N–H and O–H groups in total. The van der Waals surface area contributed by atoms with E-state index in [1.54, 1.807) is 7.05 Å². The maximum absolute atomic E-state index is 11.7. The Labute approximate surface area is 96.5 Å². The number of carbonyl (C=O) groups excluding carboxylic acids is 1. The molecule has 1 heterocycles. The molecule has 0 saturated heterocycles. The van der Waals surface area contributed by atoms with Crippen molar-refractivity contribution < 1.29 is 4.79 Å². The van der Waals surface area contributed by atoms with Crippen LogP contribution in [0.2, 0.25) is 0 Å². The number of fused-ring (bicyclic) bond motifs is 1. The molecule has 0 amide bonds. The lowest BCUT2D eigenvalue weighted by Gasteiger charge is -2.09. The Kier molecular flexibility index (Phi) is 3.36. The third-order valence-corrected chi connectivity index (χ3v) is 3.10. The van der Waals surface area contributed by atoms with E-state index < -0.39 is 0 Å². The second-order valence-corrected chi connectivity index (χ2v) is 4.24. The fourth-order valence-corrected chi connectivity index (χ4v) is 2.12. The van der Waals surface area contributed by atoms with Crippen LogP contribution in [0.15, 0.2) is 18.2 Å². The molecule has 1 aliphatic rings. The van der Waals surface area contributed by atoms with Crippen LogP contribution in [0.3, 0.4) is 0 Å². The molecule has 0 saturated carbocycles. The molecule has 3 nitrogen and oxygen atoms in total. The summed E-state index contributed by atoms with van der Waals surface area (Å²) in [5, 5.41) is 2.89. The lowest BCUT2D eigenvalue weighted by atomic mass is 10.0. The second kappa shape index (κ2) is 4.76. The molecule has 3 heteroatoms. The first-order chi connectivity index (χ1) is 7.74. The Morgan fingerprint density at radius 1 is 1.38 bits per heavy atom. The fraction of sp³-hybridized carbons (Fsp3) is 0.462. The van der Waals surface area contributed by atoms with E-state index in [1.165, 1.54) is 11.1 Å². The molecule has 86 valence electrons. The zero-order valence-corrected chi connectivity index (χ0v) is 9.92. The van der Waals surface area contributed by atoms with E-state index in [4.69, 9.17) is 0 Å². The van der Waals surface area contributed by atoms with Crippen molar-refractivity contribution in [1.82, 2.24) is 10.2 Å². The molecule has 0 atom stereocenters. The van der Waals surface area contributed by atoms with Crippen molar-refractivity contribution in [2.45, 2.75) is 20.0 Å². The summed E-state index contributed by atoms with van der Waals surface area (Å²) in [6.45, 7) is 5.64. The number of ketones is 1. The molecule has 0 radical (unpaired) electrons. The first-order valence-electron chi connectivity index (χ1n) is 5.76. The molecule has 1 aromatic carbocycles. The molecule has 1 aliphatic heterocycles. The van der Waals surface area contributed by atoms with Crippen molar-refractivity contribution in [3.63, 3.8) is 0 Å². The lowest BCUT2D eigenvalue weighted by Crippen LogP contribution is -2.18. The predicted molar refractivity (Wildman–Crippen MR) is 64.5 cm³/mol. The number of hydrogen-bond donors (Lipinski definition) is 1. The Hall–Kier alpha value is -1.19. The SMILES string of the molecule is CCN1Cc2ccc(C(=O)CNC)cc2C1. The summed E-state index contributed by atoms with van der Waals surface area (Å²) < 4.78 is 0. The van der Waals surface area contributed by atoms with E-state index in [0.717, 1.165) is 25.2 Å². The Balaban J connectivity index is 2.19. The van der Waals surface area contributed by atoms with Gasteiger partial charge in [-0.1, -0.05) is 19.1 Å². The first kappa shape index (κ1) is 11.3. The van der Waals surface area contributed by atoms with Crippen LogP contribution in [0, 0.1) is 0 Å². The van der Waals surface area contributed by atoms with Crippen LogP contribution in [-0.4, -0.2) is 30.8 Å². The van der Waals surface area contributed by atoms with Gasteiger partial charge in [-0.15, -0.1) is 0 Å². The summed E-state index contributed by atoms with van der Waals surface area (Å²) in [6.07, 6.45) is 0. The number of nitrogens with zero attached hydrogens (tertiary/aromatic N) is 1. The number of Topliss-reactive ketones (excluding diaryl/α,β-unsaturated/α-hetero) is 1. The molecule has 2 rings (SSSR count). The highest BCUT2D eigenvalue weighted by molar-refractivity contribution is 5.97. The Morgan fingerprint density at radius 2 is 2.12 bits per heavy atom. The van der Waals surface area contributed by atoms with Gasteiger partial charge in [-0.05, 0) is 30.8 Å². The van der Waals surface area contributed by atoms with Crippen LogP contribution >= 0.6 is 0 Å². The van der Waals surface area contributed by atoms with E-state index in [-0.39, 0.29) is 5.78 Å². The number of benzene rings is 1. The van der Waals surface area contributed by atoms with Crippen molar-refractivity contribution >= 4 is 5.78 Å². The summed E-state index contributed by atoms with van der Waals surface area (Å²) in [7, 11) is 1.80.